The number of hydrogen-bond donors (Lipinski definition) is 2. The molecule has 4 heteroatoms. The highest BCUT2D eigenvalue weighted by Gasteiger charge is 2.17. The van der Waals surface area contributed by atoms with Crippen LogP contribution >= 0.6 is 0 Å². The van der Waals surface area contributed by atoms with Crippen LogP contribution < -0.4 is 15.4 Å². The molecule has 19 heavy (non-hydrogen) atoms. The molecular formula is C15H23FN2O. The highest BCUT2D eigenvalue weighted by atomic mass is 19.1. The molecular weight excluding hydrogens is 243 g/mol. The standard InChI is InChI=1S/C15H23FN2O/c1-3-19-15-10-12(16)6-7-14(15)18-11(2)9-13-5-4-8-17-13/h6-7,10-11,13,17-18H,3-5,8-9H2,1-2H3. The van der Waals surface area contributed by atoms with Crippen LogP contribution in [0.5, 0.6) is 5.75 Å². The molecule has 1 aromatic rings. The van der Waals surface area contributed by atoms with Crippen LogP contribution in [0.1, 0.15) is 33.1 Å². The Labute approximate surface area is 114 Å². The molecule has 1 saturated heterocycles. The second-order valence-electron chi connectivity index (χ2n) is 5.15. The quantitative estimate of drug-likeness (QED) is 0.829. The van der Waals surface area contributed by atoms with Gasteiger partial charge in [-0.3, -0.25) is 0 Å². The van der Waals surface area contributed by atoms with Crippen LogP contribution in [0.15, 0.2) is 18.2 Å². The maximum Gasteiger partial charge on any atom is 0.145 e. The lowest BCUT2D eigenvalue weighted by molar-refractivity contribution is 0.339. The van der Waals surface area contributed by atoms with Crippen molar-refractivity contribution in [1.29, 1.82) is 0 Å². The highest BCUT2D eigenvalue weighted by molar-refractivity contribution is 5.57. The predicted octanol–water partition coefficient (Wildman–Crippen LogP) is 3.17. The molecule has 0 spiro atoms. The summed E-state index contributed by atoms with van der Waals surface area (Å²) in [5.41, 5.74) is 0.869. The number of ether oxygens (including phenoxy) is 1. The van der Waals surface area contributed by atoms with Gasteiger partial charge in [-0.15, -0.1) is 0 Å². The van der Waals surface area contributed by atoms with Crippen molar-refractivity contribution in [2.24, 2.45) is 0 Å². The van der Waals surface area contributed by atoms with Crippen molar-refractivity contribution < 1.29 is 9.13 Å². The van der Waals surface area contributed by atoms with Gasteiger partial charge in [-0.2, -0.15) is 0 Å². The fourth-order valence-corrected chi connectivity index (χ4v) is 2.60. The molecule has 1 aromatic carbocycles. The molecule has 2 unspecified atom stereocenters. The second-order valence-corrected chi connectivity index (χ2v) is 5.15. The molecule has 0 saturated carbocycles. The molecule has 0 aliphatic carbocycles. The number of hydrogen-bond acceptors (Lipinski definition) is 3. The van der Waals surface area contributed by atoms with E-state index < -0.39 is 0 Å². The summed E-state index contributed by atoms with van der Waals surface area (Å²) in [7, 11) is 0. The molecule has 0 amide bonds. The minimum atomic E-state index is -0.265. The predicted molar refractivity (Wildman–Crippen MR) is 76.3 cm³/mol. The zero-order chi connectivity index (χ0) is 13.7. The fraction of sp³-hybridized carbons (Fsp3) is 0.600. The van der Waals surface area contributed by atoms with Gasteiger partial charge in [-0.05, 0) is 51.8 Å². The van der Waals surface area contributed by atoms with Gasteiger partial charge in [0.05, 0.1) is 12.3 Å². The van der Waals surface area contributed by atoms with Gasteiger partial charge in [0.25, 0.3) is 0 Å². The van der Waals surface area contributed by atoms with E-state index in [-0.39, 0.29) is 5.82 Å². The van der Waals surface area contributed by atoms with E-state index in [9.17, 15) is 4.39 Å². The Bertz CT molecular complexity index is 405. The molecule has 2 rings (SSSR count). The van der Waals surface area contributed by atoms with Crippen LogP contribution in [0, 0.1) is 5.82 Å². The molecule has 0 bridgehead atoms. The minimum absolute atomic E-state index is 0.265. The number of anilines is 1. The third-order valence-electron chi connectivity index (χ3n) is 3.45. The second kappa shape index (κ2) is 6.75. The SMILES string of the molecule is CCOc1cc(F)ccc1NC(C)CC1CCCN1. The van der Waals surface area contributed by atoms with Crippen molar-refractivity contribution in [1.82, 2.24) is 5.32 Å². The zero-order valence-corrected chi connectivity index (χ0v) is 11.7. The summed E-state index contributed by atoms with van der Waals surface area (Å²) in [6.45, 7) is 5.72. The summed E-state index contributed by atoms with van der Waals surface area (Å²) in [4.78, 5) is 0. The number of benzene rings is 1. The molecule has 106 valence electrons. The van der Waals surface area contributed by atoms with Crippen LogP contribution in [0.2, 0.25) is 0 Å². The summed E-state index contributed by atoms with van der Waals surface area (Å²) in [6.07, 6.45) is 3.58. The molecule has 0 radical (unpaired) electrons. The monoisotopic (exact) mass is 266 g/mol. The van der Waals surface area contributed by atoms with E-state index in [1.54, 1.807) is 6.07 Å². The maximum absolute atomic E-state index is 13.2. The molecule has 0 aromatic heterocycles. The van der Waals surface area contributed by atoms with Gasteiger partial charge in [-0.25, -0.2) is 4.39 Å². The van der Waals surface area contributed by atoms with Crippen LogP contribution in [0.4, 0.5) is 10.1 Å². The highest BCUT2D eigenvalue weighted by Crippen LogP contribution is 2.27. The van der Waals surface area contributed by atoms with Gasteiger partial charge in [0.2, 0.25) is 0 Å². The van der Waals surface area contributed by atoms with E-state index in [2.05, 4.69) is 17.6 Å². The number of halogens is 1. The third kappa shape index (κ3) is 4.10. The lowest BCUT2D eigenvalue weighted by atomic mass is 10.1. The average Bonchev–Trinajstić information content (AvgIpc) is 2.86. The van der Waals surface area contributed by atoms with Crippen molar-refractivity contribution in [2.45, 2.75) is 45.2 Å². The molecule has 1 heterocycles. The minimum Gasteiger partial charge on any atom is -0.492 e. The smallest absolute Gasteiger partial charge is 0.145 e. The van der Waals surface area contributed by atoms with E-state index in [0.29, 0.717) is 24.4 Å². The van der Waals surface area contributed by atoms with Crippen molar-refractivity contribution >= 4 is 5.69 Å². The van der Waals surface area contributed by atoms with Gasteiger partial charge < -0.3 is 15.4 Å². The Balaban J connectivity index is 1.96. The summed E-state index contributed by atoms with van der Waals surface area (Å²) in [5.74, 6) is 0.327. The van der Waals surface area contributed by atoms with Gasteiger partial charge >= 0.3 is 0 Å². The first-order chi connectivity index (χ1) is 9.19. The Morgan fingerprint density at radius 2 is 2.37 bits per heavy atom. The van der Waals surface area contributed by atoms with Crippen LogP contribution in [-0.2, 0) is 0 Å². The van der Waals surface area contributed by atoms with Crippen molar-refractivity contribution in [2.75, 3.05) is 18.5 Å². The van der Waals surface area contributed by atoms with Gasteiger partial charge in [0.1, 0.15) is 11.6 Å². The summed E-state index contributed by atoms with van der Waals surface area (Å²) in [6, 6.07) is 5.58. The molecule has 3 nitrogen and oxygen atoms in total. The summed E-state index contributed by atoms with van der Waals surface area (Å²) in [5, 5.41) is 6.91. The third-order valence-corrected chi connectivity index (χ3v) is 3.45. The number of rotatable bonds is 6. The van der Waals surface area contributed by atoms with E-state index in [0.717, 1.165) is 18.7 Å². The Kier molecular flexibility index (Phi) is 5.02. The summed E-state index contributed by atoms with van der Waals surface area (Å²) >= 11 is 0. The van der Waals surface area contributed by atoms with E-state index >= 15 is 0 Å². The molecule has 1 aliphatic rings. The number of nitrogens with one attached hydrogen (secondary N) is 2. The average molecular weight is 266 g/mol. The van der Waals surface area contributed by atoms with Gasteiger partial charge in [0, 0.05) is 18.2 Å². The van der Waals surface area contributed by atoms with Gasteiger partial charge in [0.15, 0.2) is 0 Å². The molecule has 1 aliphatic heterocycles. The first-order valence-corrected chi connectivity index (χ1v) is 7.11. The molecule has 1 fully saturated rings. The van der Waals surface area contributed by atoms with E-state index in [1.165, 1.54) is 25.0 Å². The van der Waals surface area contributed by atoms with Gasteiger partial charge in [-0.1, -0.05) is 0 Å². The van der Waals surface area contributed by atoms with Crippen LogP contribution in [0.25, 0.3) is 0 Å². The topological polar surface area (TPSA) is 33.3 Å². The Hall–Kier alpha value is -1.29. The van der Waals surface area contributed by atoms with Crippen LogP contribution in [0.3, 0.4) is 0 Å². The fourth-order valence-electron chi connectivity index (χ4n) is 2.60. The lowest BCUT2D eigenvalue weighted by Gasteiger charge is -2.21. The van der Waals surface area contributed by atoms with Crippen LogP contribution in [-0.4, -0.2) is 25.2 Å². The van der Waals surface area contributed by atoms with Crippen molar-refractivity contribution in [3.8, 4) is 5.75 Å². The molecule has 2 atom stereocenters. The molecule has 2 N–H and O–H groups in total. The van der Waals surface area contributed by atoms with Crippen molar-refractivity contribution in [3.63, 3.8) is 0 Å². The first-order valence-electron chi connectivity index (χ1n) is 7.11. The maximum atomic E-state index is 13.2. The largest absolute Gasteiger partial charge is 0.492 e. The van der Waals surface area contributed by atoms with Crippen molar-refractivity contribution in [3.05, 3.63) is 24.0 Å². The Morgan fingerprint density at radius 3 is 3.05 bits per heavy atom. The van der Waals surface area contributed by atoms with E-state index in [4.69, 9.17) is 4.74 Å². The first kappa shape index (κ1) is 14.1. The summed E-state index contributed by atoms with van der Waals surface area (Å²) < 4.78 is 18.7. The lowest BCUT2D eigenvalue weighted by Crippen LogP contribution is -2.29. The van der Waals surface area contributed by atoms with E-state index in [1.807, 2.05) is 6.92 Å². The normalized spacial score (nSPS) is 20.3. The Morgan fingerprint density at radius 1 is 1.53 bits per heavy atom. The zero-order valence-electron chi connectivity index (χ0n) is 11.7.